The van der Waals surface area contributed by atoms with E-state index in [1.54, 1.807) is 17.7 Å². The van der Waals surface area contributed by atoms with Gasteiger partial charge in [-0.15, -0.1) is 11.3 Å². The maximum atomic E-state index is 4.36. The number of rotatable bonds is 4. The highest BCUT2D eigenvalue weighted by Crippen LogP contribution is 2.32. The SMILES string of the molecule is CC(C)c1cc2c(N/N=C/c3c[nH]c4ccccc34)ncnc2s1. The number of aromatic amines is 1. The summed E-state index contributed by atoms with van der Waals surface area (Å²) in [7, 11) is 0. The number of nitrogens with one attached hydrogen (secondary N) is 2. The molecule has 0 aliphatic carbocycles. The van der Waals surface area contributed by atoms with Crippen molar-refractivity contribution in [2.75, 3.05) is 5.43 Å². The van der Waals surface area contributed by atoms with E-state index in [9.17, 15) is 0 Å². The molecular formula is C18H17N5S. The molecule has 3 aromatic heterocycles. The first-order chi connectivity index (χ1) is 11.7. The Kier molecular flexibility index (Phi) is 3.74. The molecule has 0 bridgehead atoms. The van der Waals surface area contributed by atoms with Gasteiger partial charge in [-0.05, 0) is 18.1 Å². The van der Waals surface area contributed by atoms with Crippen molar-refractivity contribution in [2.45, 2.75) is 19.8 Å². The number of hydrazone groups is 1. The molecule has 5 nitrogen and oxygen atoms in total. The van der Waals surface area contributed by atoms with Crippen molar-refractivity contribution < 1.29 is 0 Å². The fourth-order valence-electron chi connectivity index (χ4n) is 2.61. The van der Waals surface area contributed by atoms with E-state index in [0.717, 1.165) is 32.5 Å². The first-order valence-electron chi connectivity index (χ1n) is 7.82. The molecule has 0 saturated heterocycles. The summed E-state index contributed by atoms with van der Waals surface area (Å²) in [5.74, 6) is 1.21. The van der Waals surface area contributed by atoms with Crippen LogP contribution in [0.1, 0.15) is 30.2 Å². The van der Waals surface area contributed by atoms with Gasteiger partial charge in [-0.1, -0.05) is 32.0 Å². The zero-order valence-electron chi connectivity index (χ0n) is 13.4. The van der Waals surface area contributed by atoms with Crippen LogP contribution in [-0.4, -0.2) is 21.2 Å². The second-order valence-corrected chi connectivity index (χ2v) is 6.97. The molecule has 4 rings (SSSR count). The van der Waals surface area contributed by atoms with Gasteiger partial charge in [0.15, 0.2) is 5.82 Å². The van der Waals surface area contributed by atoms with Crippen molar-refractivity contribution >= 4 is 44.5 Å². The minimum Gasteiger partial charge on any atom is -0.361 e. The Bertz CT molecular complexity index is 1030. The third kappa shape index (κ3) is 2.65. The lowest BCUT2D eigenvalue weighted by molar-refractivity contribution is 0.890. The van der Waals surface area contributed by atoms with Crippen LogP contribution in [0.4, 0.5) is 5.82 Å². The predicted molar refractivity (Wildman–Crippen MR) is 101 cm³/mol. The molecule has 0 amide bonds. The van der Waals surface area contributed by atoms with E-state index in [-0.39, 0.29) is 0 Å². The Hall–Kier alpha value is -2.73. The number of hydrogen-bond acceptors (Lipinski definition) is 5. The van der Waals surface area contributed by atoms with Crippen LogP contribution in [0.15, 0.2) is 48.0 Å². The molecule has 24 heavy (non-hydrogen) atoms. The number of H-pyrrole nitrogens is 1. The lowest BCUT2D eigenvalue weighted by Crippen LogP contribution is -1.94. The monoisotopic (exact) mass is 335 g/mol. The zero-order chi connectivity index (χ0) is 16.5. The summed E-state index contributed by atoms with van der Waals surface area (Å²) in [6.45, 7) is 4.36. The highest BCUT2D eigenvalue weighted by molar-refractivity contribution is 7.18. The molecular weight excluding hydrogens is 318 g/mol. The second-order valence-electron chi connectivity index (χ2n) is 5.90. The molecule has 3 heterocycles. The van der Waals surface area contributed by atoms with Gasteiger partial charge in [-0.2, -0.15) is 5.10 Å². The van der Waals surface area contributed by atoms with Crippen molar-refractivity contribution in [2.24, 2.45) is 5.10 Å². The van der Waals surface area contributed by atoms with Gasteiger partial charge >= 0.3 is 0 Å². The summed E-state index contributed by atoms with van der Waals surface area (Å²) in [6.07, 6.45) is 5.34. The molecule has 6 heteroatoms. The number of benzene rings is 1. The Morgan fingerprint density at radius 3 is 2.96 bits per heavy atom. The third-order valence-electron chi connectivity index (χ3n) is 3.91. The van der Waals surface area contributed by atoms with Crippen LogP contribution in [0.2, 0.25) is 0 Å². The minimum absolute atomic E-state index is 0.478. The highest BCUT2D eigenvalue weighted by Gasteiger charge is 2.10. The zero-order valence-corrected chi connectivity index (χ0v) is 14.3. The van der Waals surface area contributed by atoms with Crippen LogP contribution in [0.25, 0.3) is 21.1 Å². The van der Waals surface area contributed by atoms with Gasteiger partial charge in [0.05, 0.1) is 11.6 Å². The number of aromatic nitrogens is 3. The first-order valence-corrected chi connectivity index (χ1v) is 8.63. The molecule has 120 valence electrons. The summed E-state index contributed by atoms with van der Waals surface area (Å²) in [5, 5.41) is 6.52. The number of para-hydroxylation sites is 1. The number of fused-ring (bicyclic) bond motifs is 2. The van der Waals surface area contributed by atoms with Crippen LogP contribution in [-0.2, 0) is 0 Å². The maximum Gasteiger partial charge on any atom is 0.158 e. The summed E-state index contributed by atoms with van der Waals surface area (Å²) in [6, 6.07) is 10.3. The molecule has 0 spiro atoms. The van der Waals surface area contributed by atoms with Gasteiger partial charge in [-0.3, -0.25) is 5.43 Å². The summed E-state index contributed by atoms with van der Waals surface area (Å²) >= 11 is 1.70. The van der Waals surface area contributed by atoms with E-state index in [0.29, 0.717) is 5.92 Å². The smallest absolute Gasteiger partial charge is 0.158 e. The van der Waals surface area contributed by atoms with Crippen LogP contribution in [0.5, 0.6) is 0 Å². The molecule has 4 aromatic rings. The summed E-state index contributed by atoms with van der Waals surface area (Å²) in [5.41, 5.74) is 5.19. The molecule has 0 atom stereocenters. The van der Waals surface area contributed by atoms with E-state index >= 15 is 0 Å². The van der Waals surface area contributed by atoms with Crippen LogP contribution >= 0.6 is 11.3 Å². The van der Waals surface area contributed by atoms with Crippen LogP contribution in [0, 0.1) is 0 Å². The first kappa shape index (κ1) is 14.8. The number of nitrogens with zero attached hydrogens (tertiary/aromatic N) is 3. The quantitative estimate of drug-likeness (QED) is 0.418. The Balaban J connectivity index is 1.62. The van der Waals surface area contributed by atoms with Gasteiger partial charge in [-0.25, -0.2) is 9.97 Å². The molecule has 0 radical (unpaired) electrons. The maximum absolute atomic E-state index is 4.36. The lowest BCUT2D eigenvalue weighted by atomic mass is 10.2. The van der Waals surface area contributed by atoms with Crippen molar-refractivity contribution in [1.29, 1.82) is 0 Å². The summed E-state index contributed by atoms with van der Waals surface area (Å²) < 4.78 is 0. The number of anilines is 1. The van der Waals surface area contributed by atoms with Crippen molar-refractivity contribution in [3.8, 4) is 0 Å². The molecule has 0 unspecified atom stereocenters. The average molecular weight is 335 g/mol. The van der Waals surface area contributed by atoms with Crippen molar-refractivity contribution in [3.05, 3.63) is 53.3 Å². The van der Waals surface area contributed by atoms with Crippen LogP contribution in [0.3, 0.4) is 0 Å². The van der Waals surface area contributed by atoms with E-state index in [1.165, 1.54) is 4.88 Å². The van der Waals surface area contributed by atoms with Gasteiger partial charge in [0.1, 0.15) is 11.2 Å². The Morgan fingerprint density at radius 2 is 2.08 bits per heavy atom. The largest absolute Gasteiger partial charge is 0.361 e. The van der Waals surface area contributed by atoms with E-state index < -0.39 is 0 Å². The molecule has 0 saturated carbocycles. The minimum atomic E-state index is 0.478. The molecule has 0 aliphatic rings. The van der Waals surface area contributed by atoms with Crippen LogP contribution < -0.4 is 5.43 Å². The van der Waals surface area contributed by atoms with Gasteiger partial charge < -0.3 is 4.98 Å². The molecule has 2 N–H and O–H groups in total. The van der Waals surface area contributed by atoms with Gasteiger partial charge in [0.25, 0.3) is 0 Å². The Morgan fingerprint density at radius 1 is 1.21 bits per heavy atom. The van der Waals surface area contributed by atoms with Gasteiger partial charge in [0.2, 0.25) is 0 Å². The van der Waals surface area contributed by atoms with Gasteiger partial charge in [0, 0.05) is 27.5 Å². The van der Waals surface area contributed by atoms with Crippen molar-refractivity contribution in [3.63, 3.8) is 0 Å². The fraction of sp³-hybridized carbons (Fsp3) is 0.167. The van der Waals surface area contributed by atoms with E-state index in [1.807, 2.05) is 30.6 Å². The number of hydrogen-bond donors (Lipinski definition) is 2. The number of thiophene rings is 1. The van der Waals surface area contributed by atoms with E-state index in [4.69, 9.17) is 0 Å². The van der Waals surface area contributed by atoms with Crippen molar-refractivity contribution in [1.82, 2.24) is 15.0 Å². The predicted octanol–water partition coefficient (Wildman–Crippen LogP) is 4.74. The third-order valence-corrected chi connectivity index (χ3v) is 5.26. The molecule has 0 aliphatic heterocycles. The fourth-order valence-corrected chi connectivity index (χ4v) is 3.61. The Labute approximate surface area is 143 Å². The second kappa shape index (κ2) is 6.05. The normalized spacial score (nSPS) is 12.0. The summed E-state index contributed by atoms with van der Waals surface area (Å²) in [4.78, 5) is 14.2. The average Bonchev–Trinajstić information content (AvgIpc) is 3.20. The topological polar surface area (TPSA) is 66.0 Å². The molecule has 1 aromatic carbocycles. The van der Waals surface area contributed by atoms with E-state index in [2.05, 4.69) is 51.5 Å². The lowest BCUT2D eigenvalue weighted by Gasteiger charge is -1.99. The standard InChI is InChI=1S/C18H17N5S/c1-11(2)16-7-14-17(20-10-21-18(14)24-16)23-22-9-12-8-19-15-6-4-3-5-13(12)15/h3-11,19H,1-2H3,(H,20,21,23)/b22-9+. The molecule has 0 fully saturated rings. The highest BCUT2D eigenvalue weighted by atomic mass is 32.1.